The predicted octanol–water partition coefficient (Wildman–Crippen LogP) is 2.08. The van der Waals surface area contributed by atoms with Crippen molar-refractivity contribution in [2.45, 2.75) is 6.18 Å². The molecule has 0 fully saturated rings. The van der Waals surface area contributed by atoms with Crippen molar-refractivity contribution in [1.29, 1.82) is 5.26 Å². The lowest BCUT2D eigenvalue weighted by Crippen LogP contribution is -2.19. The van der Waals surface area contributed by atoms with E-state index < -0.39 is 12.8 Å². The highest BCUT2D eigenvalue weighted by Gasteiger charge is 2.28. The van der Waals surface area contributed by atoms with Crippen molar-refractivity contribution in [3.05, 3.63) is 23.8 Å². The zero-order chi connectivity index (χ0) is 11.5. The second-order valence-corrected chi connectivity index (χ2v) is 2.76. The summed E-state index contributed by atoms with van der Waals surface area (Å²) in [4.78, 5) is 0. The molecule has 0 spiro atoms. The molecule has 6 heteroatoms. The predicted molar refractivity (Wildman–Crippen MR) is 47.1 cm³/mol. The van der Waals surface area contributed by atoms with E-state index in [1.807, 2.05) is 0 Å². The maximum Gasteiger partial charge on any atom is 0.422 e. The van der Waals surface area contributed by atoms with Crippen LogP contribution < -0.4 is 10.5 Å². The summed E-state index contributed by atoms with van der Waals surface area (Å²) in [6.07, 6.45) is -4.39. The second kappa shape index (κ2) is 4.09. The highest BCUT2D eigenvalue weighted by Crippen LogP contribution is 2.22. The summed E-state index contributed by atoms with van der Waals surface area (Å²) in [6, 6.07) is 5.55. The van der Waals surface area contributed by atoms with E-state index >= 15 is 0 Å². The molecule has 0 unspecified atom stereocenters. The van der Waals surface area contributed by atoms with E-state index in [9.17, 15) is 13.2 Å². The Morgan fingerprint density at radius 3 is 2.53 bits per heavy atom. The summed E-state index contributed by atoms with van der Waals surface area (Å²) in [7, 11) is 0. The third-order valence-electron chi connectivity index (χ3n) is 1.55. The first-order valence-corrected chi connectivity index (χ1v) is 3.91. The third-order valence-corrected chi connectivity index (χ3v) is 1.55. The lowest BCUT2D eigenvalue weighted by molar-refractivity contribution is -0.153. The molecule has 0 amide bonds. The molecule has 80 valence electrons. The second-order valence-electron chi connectivity index (χ2n) is 2.76. The smallest absolute Gasteiger partial charge is 0.422 e. The van der Waals surface area contributed by atoms with E-state index in [0.29, 0.717) is 0 Å². The summed E-state index contributed by atoms with van der Waals surface area (Å²) in [5, 5.41) is 8.52. The third kappa shape index (κ3) is 3.38. The van der Waals surface area contributed by atoms with Crippen LogP contribution in [0.15, 0.2) is 18.2 Å². The molecule has 0 aromatic heterocycles. The molecule has 0 aliphatic carbocycles. The monoisotopic (exact) mass is 216 g/mol. The van der Waals surface area contributed by atoms with Gasteiger partial charge in [0.1, 0.15) is 11.8 Å². The molecular formula is C9H7F3N2O. The van der Waals surface area contributed by atoms with Crippen LogP contribution in [-0.2, 0) is 0 Å². The van der Waals surface area contributed by atoms with Crippen LogP contribution >= 0.6 is 0 Å². The number of nitrogens with zero attached hydrogens (tertiary/aromatic N) is 1. The quantitative estimate of drug-likeness (QED) is 0.770. The number of anilines is 1. The molecule has 1 aromatic rings. The van der Waals surface area contributed by atoms with Crippen molar-refractivity contribution in [2.75, 3.05) is 12.3 Å². The Hall–Kier alpha value is -1.90. The van der Waals surface area contributed by atoms with Crippen LogP contribution in [0.5, 0.6) is 5.75 Å². The number of hydrogen-bond acceptors (Lipinski definition) is 3. The normalized spacial score (nSPS) is 10.8. The van der Waals surface area contributed by atoms with Gasteiger partial charge >= 0.3 is 6.18 Å². The van der Waals surface area contributed by atoms with Gasteiger partial charge in [0.15, 0.2) is 6.61 Å². The molecule has 3 nitrogen and oxygen atoms in total. The van der Waals surface area contributed by atoms with Gasteiger partial charge in [-0.2, -0.15) is 18.4 Å². The Balaban J connectivity index is 2.73. The molecule has 0 saturated heterocycles. The van der Waals surface area contributed by atoms with Crippen LogP contribution in [0, 0.1) is 11.3 Å². The van der Waals surface area contributed by atoms with Gasteiger partial charge in [0.05, 0.1) is 11.3 Å². The SMILES string of the molecule is N#Cc1ccc(OCC(F)(F)F)cc1N. The summed E-state index contributed by atoms with van der Waals surface area (Å²) in [6.45, 7) is -1.38. The lowest BCUT2D eigenvalue weighted by Gasteiger charge is -2.09. The van der Waals surface area contributed by atoms with Crippen molar-refractivity contribution in [2.24, 2.45) is 0 Å². The molecule has 0 aliphatic rings. The van der Waals surface area contributed by atoms with Gasteiger partial charge in [0.25, 0.3) is 0 Å². The highest BCUT2D eigenvalue weighted by atomic mass is 19.4. The summed E-state index contributed by atoms with van der Waals surface area (Å²) in [5.41, 5.74) is 5.69. The number of ether oxygens (including phenoxy) is 1. The summed E-state index contributed by atoms with van der Waals surface area (Å²) < 4.78 is 39.8. The van der Waals surface area contributed by atoms with E-state index in [-0.39, 0.29) is 17.0 Å². The van der Waals surface area contributed by atoms with E-state index in [0.717, 1.165) is 0 Å². The molecule has 0 saturated carbocycles. The first-order valence-electron chi connectivity index (χ1n) is 3.91. The van der Waals surface area contributed by atoms with Gasteiger partial charge in [-0.1, -0.05) is 0 Å². The maximum atomic E-state index is 11.8. The molecule has 1 aromatic carbocycles. The van der Waals surface area contributed by atoms with Crippen molar-refractivity contribution < 1.29 is 17.9 Å². The molecular weight excluding hydrogens is 209 g/mol. The zero-order valence-electron chi connectivity index (χ0n) is 7.51. The number of alkyl halides is 3. The first kappa shape index (κ1) is 11.2. The number of nitrogens with two attached hydrogens (primary N) is 1. The van der Waals surface area contributed by atoms with Gasteiger partial charge in [-0.05, 0) is 12.1 Å². The maximum absolute atomic E-state index is 11.8. The fourth-order valence-corrected chi connectivity index (χ4v) is 0.898. The van der Waals surface area contributed by atoms with Crippen LogP contribution in [0.2, 0.25) is 0 Å². The largest absolute Gasteiger partial charge is 0.484 e. The topological polar surface area (TPSA) is 59.0 Å². The number of hydrogen-bond donors (Lipinski definition) is 1. The van der Waals surface area contributed by atoms with Gasteiger partial charge in [-0.3, -0.25) is 0 Å². The number of nitrogen functional groups attached to an aromatic ring is 1. The Labute approximate surface area is 83.9 Å². The van der Waals surface area contributed by atoms with Gasteiger partial charge in [-0.25, -0.2) is 0 Å². The Bertz CT molecular complexity index is 395. The molecule has 15 heavy (non-hydrogen) atoms. The first-order chi connectivity index (χ1) is 6.92. The van der Waals surface area contributed by atoms with Crippen LogP contribution in [0.4, 0.5) is 18.9 Å². The fraction of sp³-hybridized carbons (Fsp3) is 0.222. The van der Waals surface area contributed by atoms with Gasteiger partial charge in [0.2, 0.25) is 0 Å². The number of nitriles is 1. The van der Waals surface area contributed by atoms with Crippen LogP contribution in [0.3, 0.4) is 0 Å². The van der Waals surface area contributed by atoms with Gasteiger partial charge in [0, 0.05) is 6.07 Å². The van der Waals surface area contributed by atoms with E-state index in [2.05, 4.69) is 4.74 Å². The minimum Gasteiger partial charge on any atom is -0.484 e. The molecule has 0 heterocycles. The van der Waals surface area contributed by atoms with E-state index in [1.165, 1.54) is 18.2 Å². The number of benzene rings is 1. The standard InChI is InChI=1S/C9H7F3N2O/c10-9(11,12)5-15-7-2-1-6(4-13)8(14)3-7/h1-3H,5,14H2. The lowest BCUT2D eigenvalue weighted by atomic mass is 10.2. The summed E-state index contributed by atoms with van der Waals surface area (Å²) in [5.74, 6) is -0.0103. The average Bonchev–Trinajstić information content (AvgIpc) is 2.14. The number of rotatable bonds is 2. The van der Waals surface area contributed by atoms with E-state index in [1.54, 1.807) is 6.07 Å². The fourth-order valence-electron chi connectivity index (χ4n) is 0.898. The molecule has 0 atom stereocenters. The Kier molecular flexibility index (Phi) is 3.04. The van der Waals surface area contributed by atoms with Crippen molar-refractivity contribution >= 4 is 5.69 Å². The van der Waals surface area contributed by atoms with Crippen molar-refractivity contribution in [3.8, 4) is 11.8 Å². The molecule has 2 N–H and O–H groups in total. The Morgan fingerprint density at radius 1 is 1.40 bits per heavy atom. The minimum absolute atomic E-state index is 0.0103. The zero-order valence-corrected chi connectivity index (χ0v) is 7.51. The van der Waals surface area contributed by atoms with Crippen LogP contribution in [0.1, 0.15) is 5.56 Å². The molecule has 0 radical (unpaired) electrons. The van der Waals surface area contributed by atoms with Gasteiger partial charge in [-0.15, -0.1) is 0 Å². The molecule has 0 bridgehead atoms. The minimum atomic E-state index is -4.39. The molecule has 0 aliphatic heterocycles. The van der Waals surface area contributed by atoms with Crippen LogP contribution in [-0.4, -0.2) is 12.8 Å². The van der Waals surface area contributed by atoms with Gasteiger partial charge < -0.3 is 10.5 Å². The van der Waals surface area contributed by atoms with Crippen LogP contribution in [0.25, 0.3) is 0 Å². The average molecular weight is 216 g/mol. The van der Waals surface area contributed by atoms with E-state index in [4.69, 9.17) is 11.0 Å². The van der Waals surface area contributed by atoms with Crippen molar-refractivity contribution in [1.82, 2.24) is 0 Å². The highest BCUT2D eigenvalue weighted by molar-refractivity contribution is 5.56. The molecule has 1 rings (SSSR count). The van der Waals surface area contributed by atoms with Crippen molar-refractivity contribution in [3.63, 3.8) is 0 Å². The summed E-state index contributed by atoms with van der Waals surface area (Å²) >= 11 is 0. The number of halogens is 3. The Morgan fingerprint density at radius 2 is 2.07 bits per heavy atom.